The summed E-state index contributed by atoms with van der Waals surface area (Å²) in [7, 11) is 0. The van der Waals surface area contributed by atoms with Crippen molar-refractivity contribution in [1.82, 2.24) is 0 Å². The highest BCUT2D eigenvalue weighted by Gasteiger charge is 2.19. The molecule has 30 heavy (non-hydrogen) atoms. The Morgan fingerprint density at radius 3 is 2.07 bits per heavy atom. The van der Waals surface area contributed by atoms with E-state index < -0.39 is 0 Å². The Kier molecular flexibility index (Phi) is 9.34. The Labute approximate surface area is 188 Å². The molecular formula is C23H28Cl2N2O3. The maximum atomic E-state index is 5.88. The van der Waals surface area contributed by atoms with Crippen LogP contribution in [0.2, 0.25) is 0 Å². The lowest BCUT2D eigenvalue weighted by atomic mass is 9.90. The number of benzene rings is 2. The quantitative estimate of drug-likeness (QED) is 0.311. The van der Waals surface area contributed by atoms with Gasteiger partial charge in [0.2, 0.25) is 0 Å². The van der Waals surface area contributed by atoms with Crippen molar-refractivity contribution in [1.29, 1.82) is 0 Å². The van der Waals surface area contributed by atoms with E-state index in [1.807, 2.05) is 55.5 Å². The molecule has 2 rings (SSSR count). The maximum Gasteiger partial charge on any atom is 0.127 e. The van der Waals surface area contributed by atoms with Crippen LogP contribution in [0.25, 0.3) is 0 Å². The number of nitrogens with zero attached hydrogens (tertiary/aromatic N) is 1. The zero-order chi connectivity index (χ0) is 22.0. The van der Waals surface area contributed by atoms with Gasteiger partial charge in [-0.1, -0.05) is 49.1 Å². The van der Waals surface area contributed by atoms with Gasteiger partial charge < -0.3 is 19.6 Å². The number of anilines is 1. The molecule has 2 aromatic carbocycles. The average molecular weight is 451 g/mol. The van der Waals surface area contributed by atoms with Gasteiger partial charge in [-0.2, -0.15) is 0 Å². The molecule has 0 aliphatic heterocycles. The van der Waals surface area contributed by atoms with Crippen LogP contribution >= 0.6 is 23.2 Å². The normalized spacial score (nSPS) is 11.6. The van der Waals surface area contributed by atoms with Gasteiger partial charge in [-0.25, -0.2) is 0 Å². The molecule has 0 aliphatic carbocycles. The summed E-state index contributed by atoms with van der Waals surface area (Å²) in [6.07, 6.45) is 1.58. The van der Waals surface area contributed by atoms with Crippen LogP contribution in [-0.4, -0.2) is 25.5 Å². The van der Waals surface area contributed by atoms with Crippen LogP contribution < -0.4 is 14.8 Å². The van der Waals surface area contributed by atoms with Crippen molar-refractivity contribution in [3.8, 4) is 17.2 Å². The number of ether oxygens (including phenoxy) is 2. The molecule has 7 heteroatoms. The number of hydrogen-bond donors (Lipinski definition) is 1. The summed E-state index contributed by atoms with van der Waals surface area (Å²) in [5, 5.41) is 7.62. The maximum absolute atomic E-state index is 5.88. The van der Waals surface area contributed by atoms with Crippen molar-refractivity contribution < 1.29 is 14.3 Å². The second kappa shape index (κ2) is 11.7. The average Bonchev–Trinajstić information content (AvgIpc) is 2.69. The van der Waals surface area contributed by atoms with Gasteiger partial charge in [0.1, 0.15) is 35.0 Å². The van der Waals surface area contributed by atoms with Crippen molar-refractivity contribution in [2.75, 3.05) is 25.1 Å². The lowest BCUT2D eigenvalue weighted by Crippen LogP contribution is -2.28. The van der Waals surface area contributed by atoms with Gasteiger partial charge in [0.25, 0.3) is 0 Å². The van der Waals surface area contributed by atoms with Crippen LogP contribution in [0.15, 0.2) is 64.3 Å². The van der Waals surface area contributed by atoms with E-state index in [1.54, 1.807) is 6.08 Å². The molecule has 0 radical (unpaired) electrons. The SMILES string of the molecule is CCON=C(CNc1ccc(Oc2ccc(OCC=C(Cl)Cl)cc2)cc1)C(C)(C)C. The third kappa shape index (κ3) is 8.56. The fourth-order valence-corrected chi connectivity index (χ4v) is 2.47. The summed E-state index contributed by atoms with van der Waals surface area (Å²) in [4.78, 5) is 5.24. The second-order valence-electron chi connectivity index (χ2n) is 7.46. The topological polar surface area (TPSA) is 52.1 Å². The molecular weight excluding hydrogens is 423 g/mol. The summed E-state index contributed by atoms with van der Waals surface area (Å²) >= 11 is 11.1. The largest absolute Gasteiger partial charge is 0.489 e. The van der Waals surface area contributed by atoms with E-state index in [9.17, 15) is 0 Å². The molecule has 0 aromatic heterocycles. The van der Waals surface area contributed by atoms with Crippen LogP contribution in [0.3, 0.4) is 0 Å². The predicted octanol–water partition coefficient (Wildman–Crippen LogP) is 7.03. The Morgan fingerprint density at radius 1 is 0.967 bits per heavy atom. The smallest absolute Gasteiger partial charge is 0.127 e. The Balaban J connectivity index is 1.90. The fourth-order valence-electron chi connectivity index (χ4n) is 2.34. The monoisotopic (exact) mass is 450 g/mol. The minimum atomic E-state index is -0.0758. The first-order valence-corrected chi connectivity index (χ1v) is 10.5. The molecule has 0 heterocycles. The minimum Gasteiger partial charge on any atom is -0.489 e. The molecule has 0 fully saturated rings. The number of halogens is 2. The third-order valence-electron chi connectivity index (χ3n) is 4.03. The lowest BCUT2D eigenvalue weighted by Gasteiger charge is -2.21. The first-order chi connectivity index (χ1) is 14.3. The minimum absolute atomic E-state index is 0.0758. The van der Waals surface area contributed by atoms with E-state index in [1.165, 1.54) is 0 Å². The summed E-state index contributed by atoms with van der Waals surface area (Å²) in [6.45, 7) is 9.73. The molecule has 0 amide bonds. The fraction of sp³-hybridized carbons (Fsp3) is 0.348. The van der Waals surface area contributed by atoms with Gasteiger partial charge >= 0.3 is 0 Å². The van der Waals surface area contributed by atoms with E-state index in [4.69, 9.17) is 37.5 Å². The number of hydrogen-bond acceptors (Lipinski definition) is 5. The van der Waals surface area contributed by atoms with Crippen molar-refractivity contribution >= 4 is 34.6 Å². The van der Waals surface area contributed by atoms with Gasteiger partial charge in [0.05, 0.1) is 12.3 Å². The van der Waals surface area contributed by atoms with Crippen molar-refractivity contribution in [2.24, 2.45) is 10.6 Å². The summed E-state index contributed by atoms with van der Waals surface area (Å²) in [5.74, 6) is 2.16. The highest BCUT2D eigenvalue weighted by Crippen LogP contribution is 2.25. The first kappa shape index (κ1) is 23.9. The highest BCUT2D eigenvalue weighted by molar-refractivity contribution is 6.55. The number of rotatable bonds is 10. The van der Waals surface area contributed by atoms with Crippen LogP contribution in [0.4, 0.5) is 5.69 Å². The van der Waals surface area contributed by atoms with Crippen LogP contribution in [-0.2, 0) is 4.84 Å². The van der Waals surface area contributed by atoms with Gasteiger partial charge in [-0.3, -0.25) is 0 Å². The van der Waals surface area contributed by atoms with Gasteiger partial charge in [0, 0.05) is 11.1 Å². The summed E-state index contributed by atoms with van der Waals surface area (Å²) < 4.78 is 11.6. The zero-order valence-corrected chi connectivity index (χ0v) is 19.3. The third-order valence-corrected chi connectivity index (χ3v) is 4.34. The molecule has 0 aliphatic rings. The van der Waals surface area contributed by atoms with Gasteiger partial charge in [-0.15, -0.1) is 0 Å². The predicted molar refractivity (Wildman–Crippen MR) is 125 cm³/mol. The van der Waals surface area contributed by atoms with Gasteiger partial charge in [0.15, 0.2) is 0 Å². The Hall–Kier alpha value is -2.37. The summed E-state index contributed by atoms with van der Waals surface area (Å²) in [5.41, 5.74) is 1.86. The van der Waals surface area contributed by atoms with E-state index in [-0.39, 0.29) is 9.91 Å². The Morgan fingerprint density at radius 2 is 1.53 bits per heavy atom. The summed E-state index contributed by atoms with van der Waals surface area (Å²) in [6, 6.07) is 15.1. The lowest BCUT2D eigenvalue weighted by molar-refractivity contribution is 0.155. The van der Waals surface area contributed by atoms with E-state index in [0.717, 1.165) is 17.1 Å². The van der Waals surface area contributed by atoms with Crippen molar-refractivity contribution in [2.45, 2.75) is 27.7 Å². The van der Waals surface area contributed by atoms with Crippen LogP contribution in [0.1, 0.15) is 27.7 Å². The first-order valence-electron chi connectivity index (χ1n) is 9.73. The number of oxime groups is 1. The van der Waals surface area contributed by atoms with Crippen LogP contribution in [0, 0.1) is 5.41 Å². The molecule has 0 spiro atoms. The zero-order valence-electron chi connectivity index (χ0n) is 17.7. The molecule has 5 nitrogen and oxygen atoms in total. The van der Waals surface area contributed by atoms with Gasteiger partial charge in [-0.05, 0) is 61.5 Å². The van der Waals surface area contributed by atoms with E-state index >= 15 is 0 Å². The molecule has 2 aromatic rings. The molecule has 162 valence electrons. The van der Waals surface area contributed by atoms with E-state index in [2.05, 4.69) is 31.2 Å². The van der Waals surface area contributed by atoms with Crippen molar-refractivity contribution in [3.63, 3.8) is 0 Å². The molecule has 0 saturated heterocycles. The molecule has 0 bridgehead atoms. The molecule has 0 unspecified atom stereocenters. The second-order valence-corrected chi connectivity index (χ2v) is 8.47. The number of nitrogens with one attached hydrogen (secondary N) is 1. The molecule has 1 N–H and O–H groups in total. The Bertz CT molecular complexity index is 838. The molecule has 0 atom stereocenters. The highest BCUT2D eigenvalue weighted by atomic mass is 35.5. The van der Waals surface area contributed by atoms with Crippen molar-refractivity contribution in [3.05, 3.63) is 59.1 Å². The van der Waals surface area contributed by atoms with Crippen LogP contribution in [0.5, 0.6) is 17.2 Å². The molecule has 0 saturated carbocycles. The standard InChI is InChI=1S/C23H28Cl2N2O3/c1-5-29-27-21(23(2,3)4)16-26-17-6-8-19(9-7-17)30-20-12-10-18(11-13-20)28-15-14-22(24)25/h6-14,26H,5,15-16H2,1-4H3. The van der Waals surface area contributed by atoms with E-state index in [0.29, 0.717) is 31.3 Å².